The van der Waals surface area contributed by atoms with Gasteiger partial charge in [-0.15, -0.1) is 0 Å². The van der Waals surface area contributed by atoms with Crippen LogP contribution in [0, 0.1) is 0 Å². The van der Waals surface area contributed by atoms with Gasteiger partial charge >= 0.3 is 5.97 Å². The minimum atomic E-state index is -1.17. The number of aromatic hydroxyl groups is 1. The molecule has 28 heavy (non-hydrogen) atoms. The minimum Gasteiger partial charge on any atom is -0.508 e. The van der Waals surface area contributed by atoms with Crippen molar-refractivity contribution in [3.05, 3.63) is 23.8 Å². The van der Waals surface area contributed by atoms with E-state index >= 15 is 0 Å². The molecule has 0 spiro atoms. The van der Waals surface area contributed by atoms with Gasteiger partial charge in [-0.25, -0.2) is 0 Å². The molecule has 2 amide bonds. The molecule has 1 aliphatic heterocycles. The fourth-order valence-corrected chi connectivity index (χ4v) is 2.48. The molecule has 7 N–H and O–H groups in total. The van der Waals surface area contributed by atoms with E-state index in [1.54, 1.807) is 0 Å². The highest BCUT2D eigenvalue weighted by atomic mass is 16.4. The average molecular weight is 393 g/mol. The number of hydrogen-bond acceptors (Lipinski definition) is 8. The van der Waals surface area contributed by atoms with Crippen LogP contribution < -0.4 is 21.3 Å². The van der Waals surface area contributed by atoms with E-state index < -0.39 is 43.4 Å². The van der Waals surface area contributed by atoms with E-state index in [2.05, 4.69) is 26.3 Å². The molecule has 0 aliphatic carbocycles. The van der Waals surface area contributed by atoms with Crippen LogP contribution in [0.3, 0.4) is 0 Å². The smallest absolute Gasteiger partial charge is 0.305 e. The van der Waals surface area contributed by atoms with E-state index in [9.17, 15) is 19.5 Å². The van der Waals surface area contributed by atoms with Gasteiger partial charge in [-0.1, -0.05) is 0 Å². The van der Waals surface area contributed by atoms with Crippen molar-refractivity contribution in [3.63, 3.8) is 0 Å². The summed E-state index contributed by atoms with van der Waals surface area (Å²) in [5, 5.41) is 38.3. The maximum absolute atomic E-state index is 12.3. The molecule has 0 bridgehead atoms. The predicted octanol–water partition coefficient (Wildman–Crippen LogP) is -1.16. The number of phenolic OH excluding ortho intramolecular Hbond substituents is 1. The van der Waals surface area contributed by atoms with E-state index in [0.29, 0.717) is 18.2 Å². The summed E-state index contributed by atoms with van der Waals surface area (Å²) in [6.07, 6.45) is 0.486. The van der Waals surface area contributed by atoms with Gasteiger partial charge in [0.2, 0.25) is 5.91 Å². The number of phenols is 1. The fraction of sp³-hybridized carbons (Fsp3) is 0.412. The number of carbonyl (C=O) groups excluding carboxylic acids is 2. The predicted molar refractivity (Wildman–Crippen MR) is 100 cm³/mol. The number of nitrogens with zero attached hydrogens (tertiary/aromatic N) is 1. The second-order valence-electron chi connectivity index (χ2n) is 6.13. The molecule has 2 rings (SSSR count). The number of carboxylic acid groups (broad SMARTS) is 1. The molecule has 1 aromatic rings. The summed E-state index contributed by atoms with van der Waals surface area (Å²) < 4.78 is 0. The number of benzene rings is 1. The molecule has 1 aromatic carbocycles. The van der Waals surface area contributed by atoms with Crippen molar-refractivity contribution >= 4 is 29.4 Å². The third kappa shape index (κ3) is 6.76. The Morgan fingerprint density at radius 2 is 2.04 bits per heavy atom. The Balaban J connectivity index is 1.93. The van der Waals surface area contributed by atoms with Crippen LogP contribution >= 0.6 is 0 Å². The Kier molecular flexibility index (Phi) is 7.57. The summed E-state index contributed by atoms with van der Waals surface area (Å²) in [6.45, 7) is 0.490. The van der Waals surface area contributed by atoms with Gasteiger partial charge in [0.15, 0.2) is 5.96 Å². The molecule has 0 radical (unpaired) electrons. The lowest BCUT2D eigenvalue weighted by molar-refractivity contribution is -0.138. The molecular weight excluding hydrogens is 370 g/mol. The lowest BCUT2D eigenvalue weighted by Gasteiger charge is -2.17. The number of guanidine groups is 1. The Hall–Kier alpha value is -3.34. The van der Waals surface area contributed by atoms with Crippen LogP contribution in [0.15, 0.2) is 23.2 Å². The van der Waals surface area contributed by atoms with Crippen LogP contribution in [-0.2, 0) is 9.59 Å². The van der Waals surface area contributed by atoms with Gasteiger partial charge in [0.1, 0.15) is 5.75 Å². The third-order valence-corrected chi connectivity index (χ3v) is 3.76. The largest absolute Gasteiger partial charge is 0.508 e. The lowest BCUT2D eigenvalue weighted by atomic mass is 10.1. The Bertz CT molecular complexity index is 766. The number of amides is 2. The number of nitrogens with one attached hydrogen (secondary N) is 4. The second-order valence-corrected chi connectivity index (χ2v) is 6.13. The molecule has 1 aliphatic rings. The summed E-state index contributed by atoms with van der Waals surface area (Å²) in [6, 6.07) is 3.23. The van der Waals surface area contributed by atoms with Crippen molar-refractivity contribution in [3.8, 4) is 5.75 Å². The maximum Gasteiger partial charge on any atom is 0.305 e. The van der Waals surface area contributed by atoms with Crippen molar-refractivity contribution in [2.75, 3.05) is 31.6 Å². The highest BCUT2D eigenvalue weighted by molar-refractivity contribution is 6.00. The van der Waals surface area contributed by atoms with Gasteiger partial charge in [0, 0.05) is 30.4 Å². The minimum absolute atomic E-state index is 0.121. The van der Waals surface area contributed by atoms with Crippen molar-refractivity contribution in [2.24, 2.45) is 4.99 Å². The van der Waals surface area contributed by atoms with E-state index in [0.717, 1.165) is 13.0 Å². The fourth-order valence-electron chi connectivity index (χ4n) is 2.48. The van der Waals surface area contributed by atoms with E-state index in [4.69, 9.17) is 10.2 Å². The quantitative estimate of drug-likeness (QED) is 0.289. The maximum atomic E-state index is 12.3. The second kappa shape index (κ2) is 10.1. The van der Waals surface area contributed by atoms with E-state index in [-0.39, 0.29) is 11.3 Å². The third-order valence-electron chi connectivity index (χ3n) is 3.76. The monoisotopic (exact) mass is 393 g/mol. The molecule has 11 nitrogen and oxygen atoms in total. The molecule has 0 aromatic heterocycles. The van der Waals surface area contributed by atoms with Gasteiger partial charge in [0.25, 0.3) is 5.91 Å². The first kappa shape index (κ1) is 21.0. The SMILES string of the molecule is O=C(O)CC(CO)NC(=O)CNC(=O)c1cc(O)cc(NC2=NCCCN2)c1. The summed E-state index contributed by atoms with van der Waals surface area (Å²) >= 11 is 0. The van der Waals surface area contributed by atoms with Crippen LogP contribution in [0.4, 0.5) is 5.69 Å². The number of hydrogen-bond donors (Lipinski definition) is 7. The number of aliphatic hydroxyl groups excluding tert-OH is 1. The van der Waals surface area contributed by atoms with Gasteiger partial charge in [-0.3, -0.25) is 19.4 Å². The molecule has 0 fully saturated rings. The number of aliphatic carboxylic acids is 1. The van der Waals surface area contributed by atoms with Crippen molar-refractivity contribution in [1.82, 2.24) is 16.0 Å². The zero-order valence-electron chi connectivity index (χ0n) is 15.1. The zero-order valence-corrected chi connectivity index (χ0v) is 15.1. The first-order chi connectivity index (χ1) is 13.4. The van der Waals surface area contributed by atoms with Crippen LogP contribution in [-0.4, -0.2) is 71.3 Å². The molecule has 152 valence electrons. The summed E-state index contributed by atoms with van der Waals surface area (Å²) in [7, 11) is 0. The zero-order chi connectivity index (χ0) is 20.5. The van der Waals surface area contributed by atoms with Crippen molar-refractivity contribution in [2.45, 2.75) is 18.9 Å². The summed E-state index contributed by atoms with van der Waals surface area (Å²) in [5.41, 5.74) is 0.570. The van der Waals surface area contributed by atoms with Crippen LogP contribution in [0.1, 0.15) is 23.2 Å². The van der Waals surface area contributed by atoms with Gasteiger partial charge in [-0.05, 0) is 18.6 Å². The van der Waals surface area contributed by atoms with E-state index in [1.165, 1.54) is 18.2 Å². The number of rotatable bonds is 8. The molecule has 1 unspecified atom stereocenters. The Morgan fingerprint density at radius 3 is 2.68 bits per heavy atom. The molecule has 11 heteroatoms. The normalized spacial score (nSPS) is 14.2. The molecular formula is C17H23N5O6. The van der Waals surface area contributed by atoms with Crippen molar-refractivity contribution < 1.29 is 29.7 Å². The summed E-state index contributed by atoms with van der Waals surface area (Å²) in [4.78, 5) is 38.9. The van der Waals surface area contributed by atoms with E-state index in [1.807, 2.05) is 0 Å². The highest BCUT2D eigenvalue weighted by Gasteiger charge is 2.16. The van der Waals surface area contributed by atoms with Gasteiger partial charge in [-0.2, -0.15) is 0 Å². The Morgan fingerprint density at radius 1 is 1.25 bits per heavy atom. The summed E-state index contributed by atoms with van der Waals surface area (Å²) in [5.74, 6) is -2.02. The number of aliphatic imine (C=N–C) groups is 1. The molecule has 1 atom stereocenters. The molecule has 0 saturated heterocycles. The average Bonchev–Trinajstić information content (AvgIpc) is 2.65. The van der Waals surface area contributed by atoms with Crippen LogP contribution in [0.2, 0.25) is 0 Å². The number of carbonyl (C=O) groups is 3. The number of carboxylic acids is 1. The Labute approximate surface area is 160 Å². The first-order valence-corrected chi connectivity index (χ1v) is 8.67. The highest BCUT2D eigenvalue weighted by Crippen LogP contribution is 2.20. The molecule has 0 saturated carbocycles. The number of aliphatic hydroxyl groups is 1. The first-order valence-electron chi connectivity index (χ1n) is 8.67. The molecule has 1 heterocycles. The lowest BCUT2D eigenvalue weighted by Crippen LogP contribution is -2.44. The number of anilines is 1. The topological polar surface area (TPSA) is 172 Å². The van der Waals surface area contributed by atoms with Crippen LogP contribution in [0.25, 0.3) is 0 Å². The standard InChI is InChI=1S/C17H23N5O6/c23-9-12(7-15(26)27)21-14(25)8-20-16(28)10-4-11(6-13(24)5-10)22-17-18-2-1-3-19-17/h4-6,12,23-24H,1-3,7-9H2,(H,20,28)(H,21,25)(H,26,27)(H2,18,19,22). The van der Waals surface area contributed by atoms with Crippen molar-refractivity contribution in [1.29, 1.82) is 0 Å². The van der Waals surface area contributed by atoms with Gasteiger partial charge < -0.3 is 36.6 Å². The van der Waals surface area contributed by atoms with Crippen LogP contribution in [0.5, 0.6) is 5.75 Å². The van der Waals surface area contributed by atoms with Gasteiger partial charge in [0.05, 0.1) is 25.6 Å².